The van der Waals surface area contributed by atoms with Crippen LogP contribution in [0.2, 0.25) is 0 Å². The van der Waals surface area contributed by atoms with Gasteiger partial charge in [-0.2, -0.15) is 10.2 Å². The molecule has 0 bridgehead atoms. The molecule has 1 aliphatic rings. The van der Waals surface area contributed by atoms with Crippen LogP contribution in [0.5, 0.6) is 0 Å². The number of hydrogen-bond acceptors (Lipinski definition) is 5. The molecule has 1 saturated heterocycles. The molecular formula is C18H17FN6O. The standard InChI is InChI=1S/C18H17FN6O/c19-14-5-3-13(4-6-14)15-12-16(22-21-15)18(26)25-10-8-24(9-11-25)17-2-1-7-20-23-17/h1-7,12H,8-11H2,(H,21,22). The van der Waals surface area contributed by atoms with Gasteiger partial charge >= 0.3 is 0 Å². The summed E-state index contributed by atoms with van der Waals surface area (Å²) in [6.45, 7) is 2.59. The van der Waals surface area contributed by atoms with Crippen molar-refractivity contribution in [3.63, 3.8) is 0 Å². The average Bonchev–Trinajstić information content (AvgIpc) is 3.19. The fourth-order valence-electron chi connectivity index (χ4n) is 2.97. The summed E-state index contributed by atoms with van der Waals surface area (Å²) in [7, 11) is 0. The molecule has 0 saturated carbocycles. The van der Waals surface area contributed by atoms with E-state index in [4.69, 9.17) is 0 Å². The lowest BCUT2D eigenvalue weighted by molar-refractivity contribution is 0.0740. The van der Waals surface area contributed by atoms with E-state index in [1.54, 1.807) is 29.3 Å². The number of benzene rings is 1. The van der Waals surface area contributed by atoms with Crippen LogP contribution in [0.4, 0.5) is 10.2 Å². The SMILES string of the molecule is O=C(c1cc(-c2ccc(F)cc2)n[nH]1)N1CCN(c2cccnn2)CC1. The first-order valence-corrected chi connectivity index (χ1v) is 8.34. The number of H-pyrrole nitrogens is 1. The largest absolute Gasteiger partial charge is 0.352 e. The van der Waals surface area contributed by atoms with Gasteiger partial charge in [-0.1, -0.05) is 0 Å². The number of carbonyl (C=O) groups excluding carboxylic acids is 1. The highest BCUT2D eigenvalue weighted by Crippen LogP contribution is 2.19. The Hall–Kier alpha value is -3.29. The Balaban J connectivity index is 1.42. The van der Waals surface area contributed by atoms with Crippen molar-refractivity contribution in [2.24, 2.45) is 0 Å². The van der Waals surface area contributed by atoms with Gasteiger partial charge in [0.05, 0.1) is 5.69 Å². The topological polar surface area (TPSA) is 78.0 Å². The van der Waals surface area contributed by atoms with Gasteiger partial charge in [0, 0.05) is 37.9 Å². The maximum Gasteiger partial charge on any atom is 0.272 e. The third-order valence-corrected chi connectivity index (χ3v) is 4.40. The van der Waals surface area contributed by atoms with E-state index in [-0.39, 0.29) is 11.7 Å². The molecule has 1 fully saturated rings. The molecule has 0 aliphatic carbocycles. The molecule has 0 atom stereocenters. The number of piperazine rings is 1. The highest BCUT2D eigenvalue weighted by molar-refractivity contribution is 5.93. The molecule has 0 spiro atoms. The van der Waals surface area contributed by atoms with E-state index in [1.807, 2.05) is 12.1 Å². The summed E-state index contributed by atoms with van der Waals surface area (Å²) in [6.07, 6.45) is 1.64. The lowest BCUT2D eigenvalue weighted by Gasteiger charge is -2.34. The van der Waals surface area contributed by atoms with Crippen LogP contribution in [0.1, 0.15) is 10.5 Å². The van der Waals surface area contributed by atoms with E-state index < -0.39 is 0 Å². The van der Waals surface area contributed by atoms with Crippen molar-refractivity contribution in [2.75, 3.05) is 31.1 Å². The summed E-state index contributed by atoms with van der Waals surface area (Å²) >= 11 is 0. The predicted molar refractivity (Wildman–Crippen MR) is 94.1 cm³/mol. The van der Waals surface area contributed by atoms with E-state index >= 15 is 0 Å². The van der Waals surface area contributed by atoms with Gasteiger partial charge in [-0.25, -0.2) is 4.39 Å². The van der Waals surface area contributed by atoms with Crippen LogP contribution in [0.3, 0.4) is 0 Å². The molecule has 1 aromatic carbocycles. The van der Waals surface area contributed by atoms with Crippen LogP contribution >= 0.6 is 0 Å². The Kier molecular flexibility index (Phi) is 4.30. The molecule has 1 N–H and O–H groups in total. The van der Waals surface area contributed by atoms with Crippen molar-refractivity contribution in [2.45, 2.75) is 0 Å². The van der Waals surface area contributed by atoms with Crippen LogP contribution < -0.4 is 4.90 Å². The Morgan fingerprint density at radius 3 is 2.54 bits per heavy atom. The van der Waals surface area contributed by atoms with Gasteiger partial charge in [-0.3, -0.25) is 9.89 Å². The zero-order chi connectivity index (χ0) is 17.9. The molecule has 1 amide bonds. The third-order valence-electron chi connectivity index (χ3n) is 4.40. The summed E-state index contributed by atoms with van der Waals surface area (Å²) in [5.41, 5.74) is 1.80. The fourth-order valence-corrected chi connectivity index (χ4v) is 2.97. The second-order valence-corrected chi connectivity index (χ2v) is 6.03. The molecule has 8 heteroatoms. The minimum absolute atomic E-state index is 0.0929. The number of halogens is 1. The van der Waals surface area contributed by atoms with Crippen molar-refractivity contribution in [1.29, 1.82) is 0 Å². The van der Waals surface area contributed by atoms with E-state index in [2.05, 4.69) is 25.3 Å². The monoisotopic (exact) mass is 352 g/mol. The number of nitrogens with zero attached hydrogens (tertiary/aromatic N) is 5. The van der Waals surface area contributed by atoms with Gasteiger partial charge in [0.15, 0.2) is 5.82 Å². The van der Waals surface area contributed by atoms with E-state index in [1.165, 1.54) is 12.1 Å². The average molecular weight is 352 g/mol. The first-order chi connectivity index (χ1) is 12.7. The number of aromatic amines is 1. The molecule has 2 aromatic heterocycles. The maximum atomic E-state index is 13.0. The molecule has 3 heterocycles. The minimum Gasteiger partial charge on any atom is -0.352 e. The van der Waals surface area contributed by atoms with Crippen LogP contribution in [0.15, 0.2) is 48.7 Å². The van der Waals surface area contributed by atoms with Crippen LogP contribution in [0.25, 0.3) is 11.3 Å². The van der Waals surface area contributed by atoms with Crippen LogP contribution in [0, 0.1) is 5.82 Å². The summed E-state index contributed by atoms with van der Waals surface area (Å²) in [5, 5.41) is 15.0. The number of anilines is 1. The van der Waals surface area contributed by atoms with Gasteiger partial charge in [-0.05, 0) is 42.5 Å². The minimum atomic E-state index is -0.304. The van der Waals surface area contributed by atoms with E-state index in [0.717, 1.165) is 11.4 Å². The van der Waals surface area contributed by atoms with Gasteiger partial charge in [0.1, 0.15) is 11.5 Å². The summed E-state index contributed by atoms with van der Waals surface area (Å²) < 4.78 is 13.0. The quantitative estimate of drug-likeness (QED) is 0.780. The van der Waals surface area contributed by atoms with Gasteiger partial charge in [-0.15, -0.1) is 5.10 Å². The lowest BCUT2D eigenvalue weighted by Crippen LogP contribution is -2.49. The molecule has 26 heavy (non-hydrogen) atoms. The highest BCUT2D eigenvalue weighted by Gasteiger charge is 2.24. The first-order valence-electron chi connectivity index (χ1n) is 8.34. The Morgan fingerprint density at radius 2 is 1.85 bits per heavy atom. The van der Waals surface area contributed by atoms with Crippen molar-refractivity contribution in [1.82, 2.24) is 25.3 Å². The van der Waals surface area contributed by atoms with E-state index in [0.29, 0.717) is 37.6 Å². The second-order valence-electron chi connectivity index (χ2n) is 6.03. The second kappa shape index (κ2) is 6.91. The van der Waals surface area contributed by atoms with Crippen molar-refractivity contribution in [3.05, 3.63) is 60.2 Å². The molecule has 1 aliphatic heterocycles. The number of nitrogens with one attached hydrogen (secondary N) is 1. The molecule has 4 rings (SSSR count). The number of aromatic nitrogens is 4. The van der Waals surface area contributed by atoms with Gasteiger partial charge in [0.2, 0.25) is 0 Å². The Labute approximate surface area is 149 Å². The molecule has 7 nitrogen and oxygen atoms in total. The predicted octanol–water partition coefficient (Wildman–Crippen LogP) is 1.97. The third kappa shape index (κ3) is 3.26. The maximum absolute atomic E-state index is 13.0. The summed E-state index contributed by atoms with van der Waals surface area (Å²) in [6, 6.07) is 11.5. The Morgan fingerprint density at radius 1 is 1.08 bits per heavy atom. The highest BCUT2D eigenvalue weighted by atomic mass is 19.1. The number of hydrogen-bond donors (Lipinski definition) is 1. The smallest absolute Gasteiger partial charge is 0.272 e. The van der Waals surface area contributed by atoms with Gasteiger partial charge in [0.25, 0.3) is 5.91 Å². The molecule has 0 unspecified atom stereocenters. The van der Waals surface area contributed by atoms with E-state index in [9.17, 15) is 9.18 Å². The molecule has 132 valence electrons. The first kappa shape index (κ1) is 16.2. The number of carbonyl (C=O) groups is 1. The zero-order valence-electron chi connectivity index (χ0n) is 14.0. The molecule has 0 radical (unpaired) electrons. The van der Waals surface area contributed by atoms with Crippen LogP contribution in [-0.2, 0) is 0 Å². The fraction of sp³-hybridized carbons (Fsp3) is 0.222. The number of rotatable bonds is 3. The van der Waals surface area contributed by atoms with Crippen LogP contribution in [-0.4, -0.2) is 57.4 Å². The summed E-state index contributed by atoms with van der Waals surface area (Å²) in [4.78, 5) is 16.6. The molecule has 3 aromatic rings. The zero-order valence-corrected chi connectivity index (χ0v) is 14.0. The van der Waals surface area contributed by atoms with Crippen molar-refractivity contribution >= 4 is 11.7 Å². The van der Waals surface area contributed by atoms with Crippen molar-refractivity contribution < 1.29 is 9.18 Å². The Bertz CT molecular complexity index is 888. The lowest BCUT2D eigenvalue weighted by atomic mass is 10.1. The number of amides is 1. The molecular weight excluding hydrogens is 335 g/mol. The normalized spacial score (nSPS) is 14.5. The van der Waals surface area contributed by atoms with Crippen molar-refractivity contribution in [3.8, 4) is 11.3 Å². The van der Waals surface area contributed by atoms with Gasteiger partial charge < -0.3 is 9.80 Å². The summed E-state index contributed by atoms with van der Waals surface area (Å²) in [5.74, 6) is 0.422.